The first-order valence-electron chi connectivity index (χ1n) is 11.0. The SMILES string of the molecule is O=C(OCc1ccccc1)N1CCNCCC1c1ncc(-c2ccc3ccccc3c2)[nH]1. The fraction of sp³-hybridized carbons (Fsp3) is 0.231. The second-order valence-electron chi connectivity index (χ2n) is 8.03. The van der Waals surface area contributed by atoms with Crippen LogP contribution in [0.25, 0.3) is 22.0 Å². The van der Waals surface area contributed by atoms with E-state index in [0.717, 1.165) is 42.2 Å². The third-order valence-corrected chi connectivity index (χ3v) is 5.91. The molecule has 0 spiro atoms. The van der Waals surface area contributed by atoms with Crippen molar-refractivity contribution in [3.05, 3.63) is 90.4 Å². The van der Waals surface area contributed by atoms with Crippen molar-refractivity contribution in [2.45, 2.75) is 19.1 Å². The predicted octanol–water partition coefficient (Wildman–Crippen LogP) is 4.90. The van der Waals surface area contributed by atoms with Crippen molar-refractivity contribution < 1.29 is 9.53 Å². The highest BCUT2D eigenvalue weighted by Crippen LogP contribution is 2.28. The maximum atomic E-state index is 13.0. The summed E-state index contributed by atoms with van der Waals surface area (Å²) >= 11 is 0. The van der Waals surface area contributed by atoms with Crippen LogP contribution in [-0.4, -0.2) is 40.6 Å². The summed E-state index contributed by atoms with van der Waals surface area (Å²) in [6.07, 6.45) is 2.31. The zero-order chi connectivity index (χ0) is 21.8. The van der Waals surface area contributed by atoms with E-state index in [9.17, 15) is 4.79 Å². The van der Waals surface area contributed by atoms with Crippen molar-refractivity contribution in [1.82, 2.24) is 20.2 Å². The summed E-state index contributed by atoms with van der Waals surface area (Å²) in [6.45, 7) is 2.38. The van der Waals surface area contributed by atoms with Crippen LogP contribution in [0, 0.1) is 0 Å². The molecule has 2 heterocycles. The van der Waals surface area contributed by atoms with E-state index in [0.29, 0.717) is 6.54 Å². The molecule has 3 aromatic carbocycles. The molecule has 162 valence electrons. The molecule has 32 heavy (non-hydrogen) atoms. The van der Waals surface area contributed by atoms with Gasteiger partial charge in [0.25, 0.3) is 0 Å². The number of nitrogens with zero attached hydrogens (tertiary/aromatic N) is 2. The van der Waals surface area contributed by atoms with Crippen LogP contribution in [0.5, 0.6) is 0 Å². The smallest absolute Gasteiger partial charge is 0.410 e. The fourth-order valence-corrected chi connectivity index (χ4v) is 4.19. The quantitative estimate of drug-likeness (QED) is 0.487. The third-order valence-electron chi connectivity index (χ3n) is 5.91. The van der Waals surface area contributed by atoms with Crippen LogP contribution >= 0.6 is 0 Å². The number of H-pyrrole nitrogens is 1. The number of hydrogen-bond acceptors (Lipinski definition) is 4. The van der Waals surface area contributed by atoms with Gasteiger partial charge in [-0.25, -0.2) is 9.78 Å². The molecule has 4 aromatic rings. The van der Waals surface area contributed by atoms with Gasteiger partial charge in [0, 0.05) is 18.7 Å². The number of hydrogen-bond donors (Lipinski definition) is 2. The zero-order valence-electron chi connectivity index (χ0n) is 17.8. The van der Waals surface area contributed by atoms with Gasteiger partial charge in [0.2, 0.25) is 0 Å². The predicted molar refractivity (Wildman–Crippen MR) is 125 cm³/mol. The Morgan fingerprint density at radius 3 is 2.69 bits per heavy atom. The van der Waals surface area contributed by atoms with Crippen molar-refractivity contribution in [1.29, 1.82) is 0 Å². The van der Waals surface area contributed by atoms with Gasteiger partial charge in [0.15, 0.2) is 0 Å². The lowest BCUT2D eigenvalue weighted by Crippen LogP contribution is -2.37. The van der Waals surface area contributed by atoms with E-state index in [1.165, 1.54) is 10.8 Å². The number of ether oxygens (including phenoxy) is 1. The van der Waals surface area contributed by atoms with E-state index in [2.05, 4.69) is 45.6 Å². The number of aromatic amines is 1. The number of imidazole rings is 1. The first kappa shape index (κ1) is 20.3. The van der Waals surface area contributed by atoms with Gasteiger partial charge in [-0.1, -0.05) is 66.7 Å². The molecule has 1 aliphatic heterocycles. The molecule has 1 atom stereocenters. The van der Waals surface area contributed by atoms with Gasteiger partial charge in [-0.05, 0) is 35.4 Å². The number of nitrogens with one attached hydrogen (secondary N) is 2. The van der Waals surface area contributed by atoms with E-state index < -0.39 is 0 Å². The minimum absolute atomic E-state index is 0.164. The molecule has 6 nitrogen and oxygen atoms in total. The van der Waals surface area contributed by atoms with Crippen molar-refractivity contribution in [2.75, 3.05) is 19.6 Å². The van der Waals surface area contributed by atoms with Gasteiger partial charge >= 0.3 is 6.09 Å². The lowest BCUT2D eigenvalue weighted by molar-refractivity contribution is 0.0810. The zero-order valence-corrected chi connectivity index (χ0v) is 17.8. The molecule has 2 N–H and O–H groups in total. The van der Waals surface area contributed by atoms with Crippen molar-refractivity contribution >= 4 is 16.9 Å². The number of aromatic nitrogens is 2. The summed E-state index contributed by atoms with van der Waals surface area (Å²) in [6, 6.07) is 24.3. The van der Waals surface area contributed by atoms with Crippen LogP contribution in [0.2, 0.25) is 0 Å². The number of carbonyl (C=O) groups is 1. The molecule has 1 fully saturated rings. The van der Waals surface area contributed by atoms with Gasteiger partial charge in [0.1, 0.15) is 12.4 Å². The maximum Gasteiger partial charge on any atom is 0.410 e. The number of fused-ring (bicyclic) bond motifs is 1. The summed E-state index contributed by atoms with van der Waals surface area (Å²) in [5.74, 6) is 0.786. The Bertz CT molecular complexity index is 1200. The Hall–Kier alpha value is -3.64. The molecule has 6 heteroatoms. The van der Waals surface area contributed by atoms with Crippen LogP contribution in [0.4, 0.5) is 4.79 Å². The number of carbonyl (C=O) groups excluding carboxylic acids is 1. The van der Waals surface area contributed by atoms with Crippen LogP contribution < -0.4 is 5.32 Å². The molecule has 5 rings (SSSR count). The number of benzene rings is 3. The number of amides is 1. The first-order chi connectivity index (χ1) is 15.8. The Kier molecular flexibility index (Phi) is 5.85. The van der Waals surface area contributed by atoms with Crippen LogP contribution in [-0.2, 0) is 11.3 Å². The average Bonchev–Trinajstić information content (AvgIpc) is 3.20. The second-order valence-corrected chi connectivity index (χ2v) is 8.03. The van der Waals surface area contributed by atoms with Gasteiger partial charge in [0.05, 0.1) is 17.9 Å². The Labute approximate surface area is 187 Å². The standard InChI is InChI=1S/C26H26N4O2/c31-26(32-18-19-6-2-1-3-7-19)30-15-14-27-13-12-24(30)25-28-17-23(29-25)22-11-10-20-8-4-5-9-21(20)16-22/h1-11,16-17,24,27H,12-15,18H2,(H,28,29). The van der Waals surface area contributed by atoms with Crippen LogP contribution in [0.3, 0.4) is 0 Å². The summed E-state index contributed by atoms with van der Waals surface area (Å²) in [7, 11) is 0. The average molecular weight is 427 g/mol. The summed E-state index contributed by atoms with van der Waals surface area (Å²) in [4.78, 5) is 22.9. The minimum atomic E-state index is -0.314. The highest BCUT2D eigenvalue weighted by atomic mass is 16.6. The summed E-state index contributed by atoms with van der Waals surface area (Å²) in [5, 5.41) is 5.77. The van der Waals surface area contributed by atoms with E-state index in [-0.39, 0.29) is 18.7 Å². The largest absolute Gasteiger partial charge is 0.445 e. The number of rotatable bonds is 4. The summed E-state index contributed by atoms with van der Waals surface area (Å²) in [5.41, 5.74) is 3.00. The summed E-state index contributed by atoms with van der Waals surface area (Å²) < 4.78 is 5.63. The molecule has 1 unspecified atom stereocenters. The highest BCUT2D eigenvalue weighted by Gasteiger charge is 2.30. The van der Waals surface area contributed by atoms with Gasteiger partial charge < -0.3 is 15.0 Å². The van der Waals surface area contributed by atoms with E-state index in [4.69, 9.17) is 4.74 Å². The Morgan fingerprint density at radius 2 is 1.81 bits per heavy atom. The topological polar surface area (TPSA) is 70.2 Å². The van der Waals surface area contributed by atoms with Crippen LogP contribution in [0.1, 0.15) is 23.9 Å². The van der Waals surface area contributed by atoms with E-state index in [1.807, 2.05) is 48.7 Å². The normalized spacial score (nSPS) is 16.6. The molecule has 1 amide bonds. The Balaban J connectivity index is 1.36. The molecular formula is C26H26N4O2. The van der Waals surface area contributed by atoms with Gasteiger partial charge in [-0.15, -0.1) is 0 Å². The molecule has 0 aliphatic carbocycles. The molecule has 1 aromatic heterocycles. The third kappa shape index (κ3) is 4.36. The second kappa shape index (κ2) is 9.24. The molecule has 1 aliphatic rings. The van der Waals surface area contributed by atoms with Crippen molar-refractivity contribution in [3.63, 3.8) is 0 Å². The van der Waals surface area contributed by atoms with E-state index >= 15 is 0 Å². The van der Waals surface area contributed by atoms with Crippen molar-refractivity contribution in [2.24, 2.45) is 0 Å². The Morgan fingerprint density at radius 1 is 1.00 bits per heavy atom. The lowest BCUT2D eigenvalue weighted by atomic mass is 10.1. The molecule has 1 saturated heterocycles. The monoisotopic (exact) mass is 426 g/mol. The van der Waals surface area contributed by atoms with Crippen LogP contribution in [0.15, 0.2) is 79.0 Å². The highest BCUT2D eigenvalue weighted by molar-refractivity contribution is 5.86. The minimum Gasteiger partial charge on any atom is -0.445 e. The first-order valence-corrected chi connectivity index (χ1v) is 11.0. The van der Waals surface area contributed by atoms with Crippen molar-refractivity contribution in [3.8, 4) is 11.3 Å². The fourth-order valence-electron chi connectivity index (χ4n) is 4.19. The van der Waals surface area contributed by atoms with Gasteiger partial charge in [-0.2, -0.15) is 0 Å². The van der Waals surface area contributed by atoms with E-state index in [1.54, 1.807) is 4.90 Å². The molecule has 0 bridgehead atoms. The van der Waals surface area contributed by atoms with Gasteiger partial charge in [-0.3, -0.25) is 4.90 Å². The molecular weight excluding hydrogens is 400 g/mol. The molecule has 0 saturated carbocycles. The maximum absolute atomic E-state index is 13.0. The lowest BCUT2D eigenvalue weighted by Gasteiger charge is -2.27. The molecule has 0 radical (unpaired) electrons.